The van der Waals surface area contributed by atoms with Gasteiger partial charge in [0.2, 0.25) is 6.79 Å². The largest absolute Gasteiger partial charge is 0.497 e. The van der Waals surface area contributed by atoms with Crippen LogP contribution in [0, 0.1) is 0 Å². The molecule has 2 aromatic rings. The predicted molar refractivity (Wildman–Crippen MR) is 97.4 cm³/mol. The zero-order valence-electron chi connectivity index (χ0n) is 14.8. The molecule has 0 spiro atoms. The molecule has 0 fully saturated rings. The Morgan fingerprint density at radius 1 is 1.15 bits per heavy atom. The average molecular weight is 369 g/mol. The van der Waals surface area contributed by atoms with Gasteiger partial charge < -0.3 is 24.3 Å². The molecule has 0 aliphatic carbocycles. The lowest BCUT2D eigenvalue weighted by atomic mass is 10.2. The van der Waals surface area contributed by atoms with E-state index in [1.807, 2.05) is 18.2 Å². The highest BCUT2D eigenvalue weighted by Gasteiger charge is 2.13. The number of benzene rings is 2. The Balaban J connectivity index is 1.41. The first-order chi connectivity index (χ1) is 13.1. The van der Waals surface area contributed by atoms with Gasteiger partial charge in [-0.15, -0.1) is 0 Å². The number of ether oxygens (including phenoxy) is 4. The number of methoxy groups -OCH3 is 1. The van der Waals surface area contributed by atoms with E-state index in [1.54, 1.807) is 37.5 Å². The molecule has 0 saturated carbocycles. The van der Waals surface area contributed by atoms with Gasteiger partial charge >= 0.3 is 5.97 Å². The Kier molecular flexibility index (Phi) is 5.94. The van der Waals surface area contributed by atoms with Crippen LogP contribution in [0.1, 0.15) is 11.1 Å². The standard InChI is InChI=1S/C20H19NO6/c1-24-16-4-2-3-14(9-16)6-8-20(23)25-12-19(22)21-11-15-5-7-17-18(10-15)27-13-26-17/h2-10H,11-13H2,1H3,(H,21,22). The summed E-state index contributed by atoms with van der Waals surface area (Å²) in [7, 11) is 1.57. The fraction of sp³-hybridized carbons (Fsp3) is 0.200. The molecule has 7 heteroatoms. The molecular weight excluding hydrogens is 350 g/mol. The van der Waals surface area contributed by atoms with Gasteiger partial charge in [0.05, 0.1) is 7.11 Å². The van der Waals surface area contributed by atoms with Crippen LogP contribution >= 0.6 is 0 Å². The van der Waals surface area contributed by atoms with Gasteiger partial charge in [0.1, 0.15) is 5.75 Å². The Labute approximate surface area is 156 Å². The Morgan fingerprint density at radius 3 is 2.85 bits per heavy atom. The summed E-state index contributed by atoms with van der Waals surface area (Å²) in [4.78, 5) is 23.6. The van der Waals surface area contributed by atoms with Gasteiger partial charge in [0, 0.05) is 12.6 Å². The summed E-state index contributed by atoms with van der Waals surface area (Å²) in [5.74, 6) is 1.03. The van der Waals surface area contributed by atoms with E-state index in [0.29, 0.717) is 23.8 Å². The first-order valence-corrected chi connectivity index (χ1v) is 8.28. The fourth-order valence-electron chi connectivity index (χ4n) is 2.40. The number of hydrogen-bond donors (Lipinski definition) is 1. The monoisotopic (exact) mass is 369 g/mol. The quantitative estimate of drug-likeness (QED) is 0.596. The molecule has 1 heterocycles. The molecule has 2 aromatic carbocycles. The van der Waals surface area contributed by atoms with E-state index in [9.17, 15) is 9.59 Å². The van der Waals surface area contributed by atoms with E-state index in [4.69, 9.17) is 18.9 Å². The van der Waals surface area contributed by atoms with E-state index in [0.717, 1.165) is 11.1 Å². The second-order valence-electron chi connectivity index (χ2n) is 5.68. The summed E-state index contributed by atoms with van der Waals surface area (Å²) in [6.07, 6.45) is 2.86. The molecule has 140 valence electrons. The van der Waals surface area contributed by atoms with Gasteiger partial charge in [-0.25, -0.2) is 4.79 Å². The molecule has 1 aliphatic rings. The predicted octanol–water partition coefficient (Wildman–Crippen LogP) is 2.30. The number of carbonyl (C=O) groups is 2. The molecule has 0 bridgehead atoms. The van der Waals surface area contributed by atoms with Crippen molar-refractivity contribution in [2.45, 2.75) is 6.54 Å². The summed E-state index contributed by atoms with van der Waals surface area (Å²) < 4.78 is 20.6. The molecular formula is C20H19NO6. The van der Waals surface area contributed by atoms with Crippen molar-refractivity contribution in [3.8, 4) is 17.2 Å². The van der Waals surface area contributed by atoms with Crippen molar-refractivity contribution in [1.29, 1.82) is 0 Å². The lowest BCUT2D eigenvalue weighted by Gasteiger charge is -2.06. The number of esters is 1. The molecule has 7 nitrogen and oxygen atoms in total. The molecule has 0 unspecified atom stereocenters. The van der Waals surface area contributed by atoms with Crippen molar-refractivity contribution >= 4 is 18.0 Å². The maximum atomic E-state index is 11.8. The summed E-state index contributed by atoms with van der Waals surface area (Å²) in [5.41, 5.74) is 1.65. The summed E-state index contributed by atoms with van der Waals surface area (Å²) in [6.45, 7) is 0.142. The highest BCUT2D eigenvalue weighted by atomic mass is 16.7. The lowest BCUT2D eigenvalue weighted by Crippen LogP contribution is -2.28. The molecule has 0 aromatic heterocycles. The highest BCUT2D eigenvalue weighted by molar-refractivity contribution is 5.89. The molecule has 0 atom stereocenters. The van der Waals surface area contributed by atoms with Crippen molar-refractivity contribution in [1.82, 2.24) is 5.32 Å². The third-order valence-corrected chi connectivity index (χ3v) is 3.78. The minimum Gasteiger partial charge on any atom is -0.497 e. The van der Waals surface area contributed by atoms with Crippen LogP contribution in [0.2, 0.25) is 0 Å². The zero-order valence-corrected chi connectivity index (χ0v) is 14.8. The van der Waals surface area contributed by atoms with Gasteiger partial charge in [0.15, 0.2) is 18.1 Å². The number of hydrogen-bond acceptors (Lipinski definition) is 6. The zero-order chi connectivity index (χ0) is 19.1. The van der Waals surface area contributed by atoms with Crippen LogP contribution in [-0.4, -0.2) is 32.4 Å². The maximum Gasteiger partial charge on any atom is 0.331 e. The first-order valence-electron chi connectivity index (χ1n) is 8.28. The Bertz CT molecular complexity index is 861. The van der Waals surface area contributed by atoms with Crippen LogP contribution in [-0.2, 0) is 20.9 Å². The minimum atomic E-state index is -0.601. The van der Waals surface area contributed by atoms with Gasteiger partial charge in [0.25, 0.3) is 5.91 Å². The minimum absolute atomic E-state index is 0.199. The normalized spacial score (nSPS) is 12.0. The Hall–Kier alpha value is -3.48. The van der Waals surface area contributed by atoms with Crippen LogP contribution in [0.5, 0.6) is 17.2 Å². The maximum absolute atomic E-state index is 11.8. The van der Waals surface area contributed by atoms with E-state index in [2.05, 4.69) is 5.32 Å². The van der Waals surface area contributed by atoms with Crippen LogP contribution in [0.4, 0.5) is 0 Å². The van der Waals surface area contributed by atoms with Crippen LogP contribution in [0.3, 0.4) is 0 Å². The smallest absolute Gasteiger partial charge is 0.331 e. The second-order valence-corrected chi connectivity index (χ2v) is 5.68. The van der Waals surface area contributed by atoms with Gasteiger partial charge in [-0.3, -0.25) is 4.79 Å². The van der Waals surface area contributed by atoms with Gasteiger partial charge in [-0.2, -0.15) is 0 Å². The fourth-order valence-corrected chi connectivity index (χ4v) is 2.40. The summed E-state index contributed by atoms with van der Waals surface area (Å²) in [6, 6.07) is 12.6. The van der Waals surface area contributed by atoms with E-state index in [1.165, 1.54) is 6.08 Å². The van der Waals surface area contributed by atoms with Crippen molar-refractivity contribution in [2.24, 2.45) is 0 Å². The molecule has 3 rings (SSSR count). The van der Waals surface area contributed by atoms with Crippen LogP contribution in [0.15, 0.2) is 48.5 Å². The lowest BCUT2D eigenvalue weighted by molar-refractivity contribution is -0.143. The summed E-state index contributed by atoms with van der Waals surface area (Å²) in [5, 5.41) is 2.68. The van der Waals surface area contributed by atoms with Crippen LogP contribution in [0.25, 0.3) is 6.08 Å². The second kappa shape index (κ2) is 8.75. The topological polar surface area (TPSA) is 83.1 Å². The number of fused-ring (bicyclic) bond motifs is 1. The molecule has 27 heavy (non-hydrogen) atoms. The third-order valence-electron chi connectivity index (χ3n) is 3.78. The van der Waals surface area contributed by atoms with Crippen molar-refractivity contribution in [3.05, 3.63) is 59.7 Å². The highest BCUT2D eigenvalue weighted by Crippen LogP contribution is 2.32. The SMILES string of the molecule is COc1cccc(C=CC(=O)OCC(=O)NCc2ccc3c(c2)OCO3)c1. The van der Waals surface area contributed by atoms with E-state index >= 15 is 0 Å². The summed E-state index contributed by atoms with van der Waals surface area (Å²) >= 11 is 0. The number of carbonyl (C=O) groups excluding carboxylic acids is 2. The van der Waals surface area contributed by atoms with E-state index < -0.39 is 11.9 Å². The molecule has 0 saturated heterocycles. The number of amides is 1. The van der Waals surface area contributed by atoms with E-state index in [-0.39, 0.29) is 13.4 Å². The van der Waals surface area contributed by atoms with Crippen molar-refractivity contribution < 1.29 is 28.5 Å². The van der Waals surface area contributed by atoms with Gasteiger partial charge in [-0.05, 0) is 41.5 Å². The molecule has 1 N–H and O–H groups in total. The number of rotatable bonds is 7. The molecule has 1 amide bonds. The number of nitrogens with one attached hydrogen (secondary N) is 1. The van der Waals surface area contributed by atoms with Crippen molar-refractivity contribution in [3.63, 3.8) is 0 Å². The van der Waals surface area contributed by atoms with Crippen LogP contribution < -0.4 is 19.5 Å². The molecule has 1 aliphatic heterocycles. The van der Waals surface area contributed by atoms with Crippen molar-refractivity contribution in [2.75, 3.05) is 20.5 Å². The average Bonchev–Trinajstić information content (AvgIpc) is 3.17. The van der Waals surface area contributed by atoms with Gasteiger partial charge in [-0.1, -0.05) is 18.2 Å². The molecule has 0 radical (unpaired) electrons. The Morgan fingerprint density at radius 2 is 2.00 bits per heavy atom. The third kappa shape index (κ3) is 5.24. The first kappa shape index (κ1) is 18.3.